The first-order valence-electron chi connectivity index (χ1n) is 13.7. The quantitative estimate of drug-likeness (QED) is 0.241. The summed E-state index contributed by atoms with van der Waals surface area (Å²) in [4.78, 5) is 0. The molecule has 0 aliphatic carbocycles. The zero-order valence-electron chi connectivity index (χ0n) is 22.1. The van der Waals surface area contributed by atoms with Crippen molar-refractivity contribution in [3.63, 3.8) is 0 Å². The van der Waals surface area contributed by atoms with Gasteiger partial charge in [0, 0.05) is 21.9 Å². The lowest BCUT2D eigenvalue weighted by Gasteiger charge is -2.25. The van der Waals surface area contributed by atoms with E-state index in [1.54, 1.807) is 0 Å². The van der Waals surface area contributed by atoms with Crippen molar-refractivity contribution in [2.75, 3.05) is 0 Å². The molecule has 0 fully saturated rings. The SMILES string of the molecule is OB1c2ccccc2Oc2cc(-c3ccc4c(c3)c3ccccc3n4-c3ccccc3)cc(Oc3ccccc3)c21. The Hall–Kier alpha value is -5.26. The summed E-state index contributed by atoms with van der Waals surface area (Å²) in [6, 6.07) is 46.8. The molecule has 1 N–H and O–H groups in total. The van der Waals surface area contributed by atoms with Gasteiger partial charge < -0.3 is 19.1 Å². The molecule has 194 valence electrons. The molecule has 1 aliphatic heterocycles. The molecule has 7 aromatic rings. The number of hydrogen-bond acceptors (Lipinski definition) is 3. The van der Waals surface area contributed by atoms with Crippen LogP contribution in [0.5, 0.6) is 23.0 Å². The Bertz CT molecular complexity index is 2070. The maximum Gasteiger partial charge on any atom is 0.370 e. The van der Waals surface area contributed by atoms with Gasteiger partial charge in [0.25, 0.3) is 0 Å². The molecule has 0 radical (unpaired) electrons. The first kappa shape index (κ1) is 23.6. The maximum absolute atomic E-state index is 11.4. The molecule has 0 atom stereocenters. The average molecular weight is 529 g/mol. The monoisotopic (exact) mass is 529 g/mol. The smallest absolute Gasteiger partial charge is 0.370 e. The minimum atomic E-state index is -0.867. The molecular weight excluding hydrogens is 505 g/mol. The predicted octanol–water partition coefficient (Wildman–Crippen LogP) is 7.45. The van der Waals surface area contributed by atoms with Crippen LogP contribution in [0.3, 0.4) is 0 Å². The van der Waals surface area contributed by atoms with E-state index < -0.39 is 6.92 Å². The third-order valence-electron chi connectivity index (χ3n) is 7.80. The fourth-order valence-electron chi connectivity index (χ4n) is 5.90. The second kappa shape index (κ2) is 9.44. The van der Waals surface area contributed by atoms with Crippen molar-refractivity contribution in [1.29, 1.82) is 0 Å². The second-order valence-electron chi connectivity index (χ2n) is 10.3. The van der Waals surface area contributed by atoms with Crippen molar-refractivity contribution in [2.24, 2.45) is 0 Å². The van der Waals surface area contributed by atoms with Crippen molar-refractivity contribution < 1.29 is 14.5 Å². The number of ether oxygens (including phenoxy) is 2. The molecule has 41 heavy (non-hydrogen) atoms. The Morgan fingerprint density at radius 1 is 0.585 bits per heavy atom. The summed E-state index contributed by atoms with van der Waals surface area (Å²) in [5, 5.41) is 13.8. The van der Waals surface area contributed by atoms with E-state index >= 15 is 0 Å². The molecule has 0 saturated carbocycles. The number of fused-ring (bicyclic) bond motifs is 5. The molecule has 1 aromatic heterocycles. The fourth-order valence-corrected chi connectivity index (χ4v) is 5.90. The maximum atomic E-state index is 11.4. The van der Waals surface area contributed by atoms with Crippen LogP contribution >= 0.6 is 0 Å². The van der Waals surface area contributed by atoms with Crippen molar-refractivity contribution in [3.8, 4) is 39.8 Å². The number of rotatable bonds is 4. The van der Waals surface area contributed by atoms with Crippen LogP contribution in [0.2, 0.25) is 0 Å². The fraction of sp³-hybridized carbons (Fsp3) is 0. The highest BCUT2D eigenvalue weighted by molar-refractivity contribution is 6.81. The Labute approximate surface area is 237 Å². The number of hydrogen-bond donors (Lipinski definition) is 1. The number of nitrogens with zero attached hydrogens (tertiary/aromatic N) is 1. The molecule has 5 heteroatoms. The Balaban J connectivity index is 1.33. The van der Waals surface area contributed by atoms with Gasteiger partial charge in [-0.15, -0.1) is 0 Å². The van der Waals surface area contributed by atoms with Gasteiger partial charge in [-0.2, -0.15) is 0 Å². The summed E-state index contributed by atoms with van der Waals surface area (Å²) >= 11 is 0. The van der Waals surface area contributed by atoms with E-state index in [-0.39, 0.29) is 0 Å². The van der Waals surface area contributed by atoms with E-state index in [2.05, 4.69) is 71.3 Å². The molecule has 4 nitrogen and oxygen atoms in total. The minimum Gasteiger partial charge on any atom is -0.458 e. The molecule has 0 bridgehead atoms. The largest absolute Gasteiger partial charge is 0.458 e. The van der Waals surface area contributed by atoms with Gasteiger partial charge >= 0.3 is 6.92 Å². The van der Waals surface area contributed by atoms with Gasteiger partial charge in [-0.3, -0.25) is 0 Å². The van der Waals surface area contributed by atoms with Crippen LogP contribution in [0.15, 0.2) is 140 Å². The van der Waals surface area contributed by atoms with Crippen molar-refractivity contribution in [3.05, 3.63) is 140 Å². The van der Waals surface area contributed by atoms with Crippen LogP contribution in [0.1, 0.15) is 0 Å². The minimum absolute atomic E-state index is 0.567. The molecule has 2 heterocycles. The zero-order chi connectivity index (χ0) is 27.3. The van der Waals surface area contributed by atoms with Crippen LogP contribution in [0, 0.1) is 0 Å². The van der Waals surface area contributed by atoms with Crippen LogP contribution in [-0.4, -0.2) is 16.5 Å². The second-order valence-corrected chi connectivity index (χ2v) is 10.3. The first-order valence-corrected chi connectivity index (χ1v) is 13.7. The zero-order valence-corrected chi connectivity index (χ0v) is 22.1. The Kier molecular flexibility index (Phi) is 5.44. The number of benzene rings is 6. The summed E-state index contributed by atoms with van der Waals surface area (Å²) in [5.74, 6) is 2.50. The summed E-state index contributed by atoms with van der Waals surface area (Å²) in [7, 11) is 0. The molecule has 0 saturated heterocycles. The third-order valence-corrected chi connectivity index (χ3v) is 7.80. The lowest BCUT2D eigenvalue weighted by molar-refractivity contribution is 0.460. The average Bonchev–Trinajstić information content (AvgIpc) is 3.35. The lowest BCUT2D eigenvalue weighted by Crippen LogP contribution is -2.47. The molecule has 0 spiro atoms. The van der Waals surface area contributed by atoms with E-state index in [1.165, 1.54) is 5.39 Å². The van der Waals surface area contributed by atoms with Gasteiger partial charge in [0.2, 0.25) is 0 Å². The van der Waals surface area contributed by atoms with Crippen LogP contribution in [-0.2, 0) is 0 Å². The highest BCUT2D eigenvalue weighted by Gasteiger charge is 2.34. The van der Waals surface area contributed by atoms with E-state index in [9.17, 15) is 5.02 Å². The van der Waals surface area contributed by atoms with Gasteiger partial charge in [-0.1, -0.05) is 78.9 Å². The van der Waals surface area contributed by atoms with E-state index in [1.807, 2.05) is 72.8 Å². The number of aromatic nitrogens is 1. The van der Waals surface area contributed by atoms with Gasteiger partial charge in [-0.25, -0.2) is 0 Å². The van der Waals surface area contributed by atoms with Crippen LogP contribution in [0.25, 0.3) is 38.6 Å². The molecule has 1 aliphatic rings. The topological polar surface area (TPSA) is 43.6 Å². The molecular formula is C36H24BNO3. The van der Waals surface area contributed by atoms with Gasteiger partial charge in [0.1, 0.15) is 23.0 Å². The normalized spacial score (nSPS) is 12.2. The van der Waals surface area contributed by atoms with E-state index in [4.69, 9.17) is 9.47 Å². The summed E-state index contributed by atoms with van der Waals surface area (Å²) in [5.41, 5.74) is 6.75. The molecule has 8 rings (SSSR count). The van der Waals surface area contributed by atoms with Gasteiger partial charge in [-0.05, 0) is 77.3 Å². The first-order chi connectivity index (χ1) is 20.2. The van der Waals surface area contributed by atoms with Gasteiger partial charge in [0.15, 0.2) is 0 Å². The van der Waals surface area contributed by atoms with Crippen LogP contribution in [0.4, 0.5) is 0 Å². The molecule has 6 aromatic carbocycles. The summed E-state index contributed by atoms with van der Waals surface area (Å²) in [6.45, 7) is -0.867. The Morgan fingerprint density at radius 3 is 2.15 bits per heavy atom. The summed E-state index contributed by atoms with van der Waals surface area (Å²) < 4.78 is 15.1. The van der Waals surface area contributed by atoms with Crippen LogP contribution < -0.4 is 20.4 Å². The standard InChI is InChI=1S/C36H24BNO3/c39-37-30-16-8-10-18-33(30)41-35-23-25(22-34(36(35)37)40-27-13-5-2-6-14-27)24-19-20-32-29(21-24)28-15-7-9-17-31(28)38(32)26-11-3-1-4-12-26/h1-23,39H. The van der Waals surface area contributed by atoms with E-state index in [0.29, 0.717) is 28.5 Å². The number of para-hydroxylation sites is 4. The predicted molar refractivity (Wildman–Crippen MR) is 166 cm³/mol. The molecule has 0 unspecified atom stereocenters. The molecule has 0 amide bonds. The van der Waals surface area contributed by atoms with E-state index in [0.717, 1.165) is 38.7 Å². The van der Waals surface area contributed by atoms with Crippen molar-refractivity contribution in [2.45, 2.75) is 0 Å². The summed E-state index contributed by atoms with van der Waals surface area (Å²) in [6.07, 6.45) is 0. The lowest BCUT2D eigenvalue weighted by atomic mass is 9.53. The van der Waals surface area contributed by atoms with Crippen molar-refractivity contribution in [1.82, 2.24) is 4.57 Å². The Morgan fingerprint density at radius 2 is 1.29 bits per heavy atom. The third kappa shape index (κ3) is 3.90. The van der Waals surface area contributed by atoms with Crippen molar-refractivity contribution >= 4 is 39.6 Å². The van der Waals surface area contributed by atoms with Gasteiger partial charge in [0.05, 0.1) is 11.0 Å². The highest BCUT2D eigenvalue weighted by atomic mass is 16.5. The highest BCUT2D eigenvalue weighted by Crippen LogP contribution is 2.38.